The van der Waals surface area contributed by atoms with Crippen molar-refractivity contribution in [2.24, 2.45) is 27.2 Å². The molecule has 1 unspecified atom stereocenters. The first-order valence-electron chi connectivity index (χ1n) is 6.25. The molecule has 0 spiro atoms. The second-order valence-electron chi connectivity index (χ2n) is 5.87. The van der Waals surface area contributed by atoms with Crippen LogP contribution in [0.2, 0.25) is 0 Å². The number of rotatable bonds is 2. The molecule has 0 aromatic heterocycles. The van der Waals surface area contributed by atoms with Crippen molar-refractivity contribution >= 4 is 11.7 Å². The maximum absolute atomic E-state index is 8.96. The van der Waals surface area contributed by atoms with Crippen LogP contribution in [-0.4, -0.2) is 28.0 Å². The minimum absolute atomic E-state index is 0.0907. The van der Waals surface area contributed by atoms with Crippen LogP contribution in [0.1, 0.15) is 40.5 Å². The highest BCUT2D eigenvalue weighted by Gasteiger charge is 2.39. The quantitative estimate of drug-likeness (QED) is 0.347. The molecule has 1 aliphatic carbocycles. The lowest BCUT2D eigenvalue weighted by molar-refractivity contribution is 0.0709. The average Bonchev–Trinajstić information content (AvgIpc) is 3.09. The van der Waals surface area contributed by atoms with E-state index in [0.717, 1.165) is 29.6 Å². The molecule has 2 rings (SSSR count). The van der Waals surface area contributed by atoms with Gasteiger partial charge in [-0.2, -0.15) is 5.26 Å². The summed E-state index contributed by atoms with van der Waals surface area (Å²) in [6, 6.07) is 0. The van der Waals surface area contributed by atoms with Gasteiger partial charge in [0.2, 0.25) is 6.19 Å². The molecule has 18 heavy (non-hydrogen) atoms. The van der Waals surface area contributed by atoms with Gasteiger partial charge in [-0.3, -0.25) is 0 Å². The van der Waals surface area contributed by atoms with Gasteiger partial charge in [0.15, 0.2) is 0 Å². The summed E-state index contributed by atoms with van der Waals surface area (Å²) in [6.07, 6.45) is 3.95. The summed E-state index contributed by atoms with van der Waals surface area (Å²) in [4.78, 5) is 9.18. The maximum Gasteiger partial charge on any atom is 0.216 e. The summed E-state index contributed by atoms with van der Waals surface area (Å²) < 4.78 is 0. The maximum atomic E-state index is 8.96. The Morgan fingerprint density at radius 2 is 2.06 bits per heavy atom. The van der Waals surface area contributed by atoms with Crippen LogP contribution in [0.25, 0.3) is 0 Å². The number of amidine groups is 2. The molecular formula is C12H20N6. The third-order valence-corrected chi connectivity index (χ3v) is 3.07. The van der Waals surface area contributed by atoms with Gasteiger partial charge in [0.1, 0.15) is 17.8 Å². The van der Waals surface area contributed by atoms with Crippen LogP contribution in [-0.2, 0) is 0 Å². The zero-order valence-electron chi connectivity index (χ0n) is 11.4. The smallest absolute Gasteiger partial charge is 0.216 e. The van der Waals surface area contributed by atoms with Crippen molar-refractivity contribution in [1.29, 1.82) is 5.26 Å². The van der Waals surface area contributed by atoms with Gasteiger partial charge in [0.25, 0.3) is 0 Å². The van der Waals surface area contributed by atoms with Gasteiger partial charge in [0, 0.05) is 11.3 Å². The molecule has 2 N–H and O–H groups in total. The Kier molecular flexibility index (Phi) is 3.03. The Bertz CT molecular complexity index is 434. The van der Waals surface area contributed by atoms with Crippen LogP contribution in [0.4, 0.5) is 0 Å². The molecule has 98 valence electrons. The first-order valence-corrected chi connectivity index (χ1v) is 6.25. The lowest BCUT2D eigenvalue weighted by Crippen LogP contribution is -2.55. The first-order chi connectivity index (χ1) is 8.34. The third-order valence-electron chi connectivity index (χ3n) is 3.07. The van der Waals surface area contributed by atoms with E-state index in [0.29, 0.717) is 5.92 Å². The fraction of sp³-hybridized carbons (Fsp3) is 0.750. The van der Waals surface area contributed by atoms with Crippen molar-refractivity contribution < 1.29 is 0 Å². The molecular weight excluding hydrogens is 228 g/mol. The second-order valence-corrected chi connectivity index (χ2v) is 5.87. The van der Waals surface area contributed by atoms with Crippen LogP contribution < -0.4 is 5.84 Å². The van der Waals surface area contributed by atoms with Crippen molar-refractivity contribution in [3.8, 4) is 6.19 Å². The molecule has 0 saturated heterocycles. The van der Waals surface area contributed by atoms with E-state index in [1.807, 2.05) is 13.1 Å². The van der Waals surface area contributed by atoms with Crippen LogP contribution in [0.5, 0.6) is 0 Å². The van der Waals surface area contributed by atoms with E-state index in [9.17, 15) is 0 Å². The molecule has 2 aliphatic rings. The summed E-state index contributed by atoms with van der Waals surface area (Å²) in [7, 11) is 0. The Labute approximate surface area is 108 Å². The van der Waals surface area contributed by atoms with E-state index in [-0.39, 0.29) is 11.6 Å². The van der Waals surface area contributed by atoms with Gasteiger partial charge in [0.05, 0.1) is 0 Å². The summed E-state index contributed by atoms with van der Waals surface area (Å²) >= 11 is 0. The van der Waals surface area contributed by atoms with E-state index in [1.165, 1.54) is 0 Å². The fourth-order valence-corrected chi connectivity index (χ4v) is 1.93. The highest BCUT2D eigenvalue weighted by atomic mass is 15.8. The predicted molar refractivity (Wildman–Crippen MR) is 70.0 cm³/mol. The zero-order valence-corrected chi connectivity index (χ0v) is 11.4. The van der Waals surface area contributed by atoms with E-state index in [4.69, 9.17) is 11.1 Å². The van der Waals surface area contributed by atoms with Crippen LogP contribution >= 0.6 is 0 Å². The Hall–Kier alpha value is -1.61. The number of hydrogen-bond donors (Lipinski definition) is 1. The molecule has 0 aromatic carbocycles. The van der Waals surface area contributed by atoms with Gasteiger partial charge < -0.3 is 0 Å². The van der Waals surface area contributed by atoms with Crippen molar-refractivity contribution in [2.45, 2.75) is 46.7 Å². The molecule has 0 amide bonds. The monoisotopic (exact) mass is 248 g/mol. The molecule has 1 atom stereocenters. The second kappa shape index (κ2) is 4.25. The van der Waals surface area contributed by atoms with Crippen molar-refractivity contribution in [3.05, 3.63) is 0 Å². The highest BCUT2D eigenvalue weighted by molar-refractivity contribution is 6.02. The van der Waals surface area contributed by atoms with E-state index in [2.05, 4.69) is 30.8 Å². The molecule has 0 bridgehead atoms. The first kappa shape index (κ1) is 12.8. The van der Waals surface area contributed by atoms with Gasteiger partial charge in [-0.25, -0.2) is 20.8 Å². The number of nitrogens with two attached hydrogens (primary N) is 1. The Balaban J connectivity index is 2.36. The van der Waals surface area contributed by atoms with Crippen molar-refractivity contribution in [2.75, 3.05) is 0 Å². The number of hydrazine groups is 2. The van der Waals surface area contributed by atoms with Crippen LogP contribution in [0.15, 0.2) is 9.98 Å². The number of nitriles is 1. The topological polar surface area (TPSA) is 81.0 Å². The summed E-state index contributed by atoms with van der Waals surface area (Å²) in [5, 5.41) is 11.7. The summed E-state index contributed by atoms with van der Waals surface area (Å²) in [6.45, 7) is 8.20. The third kappa shape index (κ3) is 2.31. The minimum atomic E-state index is -0.183. The number of nitrogens with zero attached hydrogens (tertiary/aromatic N) is 5. The Morgan fingerprint density at radius 3 is 2.50 bits per heavy atom. The minimum Gasteiger partial charge on any atom is -0.243 e. The van der Waals surface area contributed by atoms with Crippen LogP contribution in [0, 0.1) is 22.8 Å². The average molecular weight is 248 g/mol. The molecule has 1 saturated carbocycles. The number of hydrogen-bond acceptors (Lipinski definition) is 6. The lowest BCUT2D eigenvalue weighted by atomic mass is 9.94. The normalized spacial score (nSPS) is 24.2. The largest absolute Gasteiger partial charge is 0.243 e. The zero-order chi connectivity index (χ0) is 13.5. The molecule has 1 heterocycles. The standard InChI is InChI=1S/C12H20N6/c1-8-15-11(12(2,3)4)16-10(9-5-6-9)18(8)17(14)7-13/h8-9H,5-6,14H2,1-4H3. The SMILES string of the molecule is CC1N=C(C(C)(C)C)N=C(C2CC2)N1N(N)C#N. The highest BCUT2D eigenvalue weighted by Crippen LogP contribution is 2.35. The van der Waals surface area contributed by atoms with Gasteiger partial charge in [-0.1, -0.05) is 20.8 Å². The molecule has 0 radical (unpaired) electrons. The fourth-order valence-electron chi connectivity index (χ4n) is 1.93. The Morgan fingerprint density at radius 1 is 1.44 bits per heavy atom. The lowest BCUT2D eigenvalue weighted by Gasteiger charge is -2.37. The van der Waals surface area contributed by atoms with E-state index in [1.54, 1.807) is 5.01 Å². The number of aliphatic imine (C=N–C) groups is 2. The predicted octanol–water partition coefficient (Wildman–Crippen LogP) is 1.47. The molecule has 6 heteroatoms. The van der Waals surface area contributed by atoms with Crippen molar-refractivity contribution in [3.63, 3.8) is 0 Å². The van der Waals surface area contributed by atoms with E-state index < -0.39 is 0 Å². The van der Waals surface area contributed by atoms with Gasteiger partial charge in [-0.15, -0.1) is 5.12 Å². The molecule has 0 aromatic rings. The molecule has 6 nitrogen and oxygen atoms in total. The molecule has 1 aliphatic heterocycles. The summed E-state index contributed by atoms with van der Waals surface area (Å²) in [5.74, 6) is 7.83. The van der Waals surface area contributed by atoms with Crippen LogP contribution in [0.3, 0.4) is 0 Å². The van der Waals surface area contributed by atoms with Gasteiger partial charge >= 0.3 is 0 Å². The molecule has 1 fully saturated rings. The van der Waals surface area contributed by atoms with E-state index >= 15 is 0 Å². The summed E-state index contributed by atoms with van der Waals surface area (Å²) in [5.41, 5.74) is -0.0907. The van der Waals surface area contributed by atoms with Crippen molar-refractivity contribution in [1.82, 2.24) is 10.1 Å². The van der Waals surface area contributed by atoms with Gasteiger partial charge in [-0.05, 0) is 19.8 Å².